The summed E-state index contributed by atoms with van der Waals surface area (Å²) in [5.74, 6) is 1.36. The first-order valence-corrected chi connectivity index (χ1v) is 9.79. The van der Waals surface area contributed by atoms with Crippen LogP contribution in [0.4, 0.5) is 0 Å². The van der Waals surface area contributed by atoms with Crippen molar-refractivity contribution < 1.29 is 14.3 Å². The van der Waals surface area contributed by atoms with Gasteiger partial charge in [-0.3, -0.25) is 9.59 Å². The number of methoxy groups -OCH3 is 1. The second kappa shape index (κ2) is 10.2. The van der Waals surface area contributed by atoms with Gasteiger partial charge in [0.15, 0.2) is 0 Å². The number of benzene rings is 1. The standard InChI is InChI=1S/C21H32N2O3/c1-4-23(5-2)21(25)18-12-10-17(11-13-18)20(24)22-15-14-16-8-6-7-9-19(16)26-3/h6-9,17-18H,4-5,10-15H2,1-3H3,(H,22,24). The molecule has 0 saturated heterocycles. The van der Waals surface area contributed by atoms with Crippen LogP contribution < -0.4 is 10.1 Å². The van der Waals surface area contributed by atoms with E-state index in [1.54, 1.807) is 7.11 Å². The minimum Gasteiger partial charge on any atom is -0.496 e. The van der Waals surface area contributed by atoms with Gasteiger partial charge in [0, 0.05) is 31.5 Å². The van der Waals surface area contributed by atoms with Gasteiger partial charge in [-0.25, -0.2) is 0 Å². The summed E-state index contributed by atoms with van der Waals surface area (Å²) in [5, 5.41) is 3.05. The molecule has 144 valence electrons. The van der Waals surface area contributed by atoms with Crippen LogP contribution in [0.2, 0.25) is 0 Å². The fraction of sp³-hybridized carbons (Fsp3) is 0.619. The zero-order valence-corrected chi connectivity index (χ0v) is 16.3. The van der Waals surface area contributed by atoms with E-state index in [4.69, 9.17) is 4.74 Å². The molecule has 1 N–H and O–H groups in total. The first kappa shape index (κ1) is 20.3. The van der Waals surface area contributed by atoms with Gasteiger partial charge in [0.05, 0.1) is 7.11 Å². The summed E-state index contributed by atoms with van der Waals surface area (Å²) in [5.41, 5.74) is 1.10. The number of rotatable bonds is 8. The van der Waals surface area contributed by atoms with E-state index >= 15 is 0 Å². The third-order valence-electron chi connectivity index (χ3n) is 5.41. The van der Waals surface area contributed by atoms with Crippen LogP contribution in [0.3, 0.4) is 0 Å². The molecule has 0 atom stereocenters. The quantitative estimate of drug-likeness (QED) is 0.775. The summed E-state index contributed by atoms with van der Waals surface area (Å²) in [6.45, 7) is 6.17. The van der Waals surface area contributed by atoms with Crippen molar-refractivity contribution >= 4 is 11.8 Å². The number of para-hydroxylation sites is 1. The Morgan fingerprint density at radius 2 is 1.69 bits per heavy atom. The Kier molecular flexibility index (Phi) is 7.95. The summed E-state index contributed by atoms with van der Waals surface area (Å²) in [4.78, 5) is 26.8. The smallest absolute Gasteiger partial charge is 0.225 e. The molecule has 1 aromatic rings. The van der Waals surface area contributed by atoms with Crippen LogP contribution in [-0.4, -0.2) is 43.5 Å². The topological polar surface area (TPSA) is 58.6 Å². The predicted molar refractivity (Wildman–Crippen MR) is 103 cm³/mol. The molecule has 1 aliphatic carbocycles. The summed E-state index contributed by atoms with van der Waals surface area (Å²) >= 11 is 0. The number of carbonyl (C=O) groups excluding carboxylic acids is 2. The van der Waals surface area contributed by atoms with E-state index in [9.17, 15) is 9.59 Å². The third-order valence-corrected chi connectivity index (χ3v) is 5.41. The highest BCUT2D eigenvalue weighted by atomic mass is 16.5. The van der Waals surface area contributed by atoms with Crippen molar-refractivity contribution in [1.29, 1.82) is 0 Å². The lowest BCUT2D eigenvalue weighted by atomic mass is 9.81. The fourth-order valence-electron chi connectivity index (χ4n) is 3.77. The van der Waals surface area contributed by atoms with Crippen molar-refractivity contribution in [2.24, 2.45) is 11.8 Å². The van der Waals surface area contributed by atoms with Gasteiger partial charge in [0.1, 0.15) is 5.75 Å². The molecule has 0 bridgehead atoms. The van der Waals surface area contributed by atoms with E-state index < -0.39 is 0 Å². The van der Waals surface area contributed by atoms with Crippen molar-refractivity contribution in [3.63, 3.8) is 0 Å². The highest BCUT2D eigenvalue weighted by molar-refractivity contribution is 5.81. The van der Waals surface area contributed by atoms with Crippen molar-refractivity contribution in [2.45, 2.75) is 46.0 Å². The fourth-order valence-corrected chi connectivity index (χ4v) is 3.77. The van der Waals surface area contributed by atoms with Crippen LogP contribution >= 0.6 is 0 Å². The average molecular weight is 360 g/mol. The van der Waals surface area contributed by atoms with Crippen LogP contribution in [0.25, 0.3) is 0 Å². The number of nitrogens with one attached hydrogen (secondary N) is 1. The minimum absolute atomic E-state index is 0.0356. The Morgan fingerprint density at radius 3 is 2.31 bits per heavy atom. The maximum atomic E-state index is 12.4. The van der Waals surface area contributed by atoms with E-state index in [1.807, 2.05) is 43.0 Å². The molecule has 1 aromatic carbocycles. The lowest BCUT2D eigenvalue weighted by Crippen LogP contribution is -2.40. The van der Waals surface area contributed by atoms with Crippen LogP contribution in [0.1, 0.15) is 45.1 Å². The van der Waals surface area contributed by atoms with Crippen LogP contribution in [0.15, 0.2) is 24.3 Å². The van der Waals surface area contributed by atoms with Crippen LogP contribution in [0, 0.1) is 11.8 Å². The average Bonchev–Trinajstić information content (AvgIpc) is 2.69. The second-order valence-electron chi connectivity index (χ2n) is 6.91. The summed E-state index contributed by atoms with van der Waals surface area (Å²) in [6.07, 6.45) is 4.00. The first-order chi connectivity index (χ1) is 12.6. The molecule has 0 radical (unpaired) electrons. The monoisotopic (exact) mass is 360 g/mol. The largest absolute Gasteiger partial charge is 0.496 e. The van der Waals surface area contributed by atoms with Gasteiger partial charge in [0.25, 0.3) is 0 Å². The molecule has 1 fully saturated rings. The summed E-state index contributed by atoms with van der Waals surface area (Å²) in [7, 11) is 1.66. The van der Waals surface area contributed by atoms with Gasteiger partial charge in [-0.1, -0.05) is 18.2 Å². The van der Waals surface area contributed by atoms with E-state index in [2.05, 4.69) is 5.32 Å². The molecule has 5 nitrogen and oxygen atoms in total. The van der Waals surface area contributed by atoms with Gasteiger partial charge in [0.2, 0.25) is 11.8 Å². The van der Waals surface area contributed by atoms with Crippen LogP contribution in [-0.2, 0) is 16.0 Å². The number of ether oxygens (including phenoxy) is 1. The molecular weight excluding hydrogens is 328 g/mol. The summed E-state index contributed by atoms with van der Waals surface area (Å²) in [6, 6.07) is 7.88. The molecule has 0 aromatic heterocycles. The zero-order valence-electron chi connectivity index (χ0n) is 16.3. The van der Waals surface area contributed by atoms with Gasteiger partial charge >= 0.3 is 0 Å². The number of carbonyl (C=O) groups is 2. The number of amides is 2. The molecule has 1 aliphatic rings. The maximum Gasteiger partial charge on any atom is 0.225 e. The van der Waals surface area contributed by atoms with Crippen molar-refractivity contribution in [1.82, 2.24) is 10.2 Å². The zero-order chi connectivity index (χ0) is 18.9. The van der Waals surface area contributed by atoms with Crippen molar-refractivity contribution in [3.05, 3.63) is 29.8 Å². The Labute approximate surface area is 157 Å². The number of hydrogen-bond donors (Lipinski definition) is 1. The molecule has 26 heavy (non-hydrogen) atoms. The predicted octanol–water partition coefficient (Wildman–Crippen LogP) is 3.03. The Bertz CT molecular complexity index is 591. The van der Waals surface area contributed by atoms with E-state index in [-0.39, 0.29) is 23.7 Å². The molecule has 2 amide bonds. The lowest BCUT2D eigenvalue weighted by Gasteiger charge is -2.30. The molecule has 1 saturated carbocycles. The first-order valence-electron chi connectivity index (χ1n) is 9.79. The van der Waals surface area contributed by atoms with Crippen molar-refractivity contribution in [2.75, 3.05) is 26.7 Å². The number of hydrogen-bond acceptors (Lipinski definition) is 3. The van der Waals surface area contributed by atoms with E-state index in [0.29, 0.717) is 6.54 Å². The SMILES string of the molecule is CCN(CC)C(=O)C1CCC(C(=O)NCCc2ccccc2OC)CC1. The van der Waals surface area contributed by atoms with E-state index in [1.165, 1.54) is 0 Å². The maximum absolute atomic E-state index is 12.4. The van der Waals surface area contributed by atoms with Gasteiger partial charge in [-0.15, -0.1) is 0 Å². The normalized spacial score (nSPS) is 19.7. The molecular formula is C21H32N2O3. The molecule has 0 spiro atoms. The van der Waals surface area contributed by atoms with Gasteiger partial charge < -0.3 is 15.0 Å². The number of nitrogens with zero attached hydrogens (tertiary/aromatic N) is 1. The van der Waals surface area contributed by atoms with Crippen LogP contribution in [0.5, 0.6) is 5.75 Å². The van der Waals surface area contributed by atoms with Gasteiger partial charge in [-0.05, 0) is 57.6 Å². The Hall–Kier alpha value is -2.04. The molecule has 5 heteroatoms. The molecule has 0 heterocycles. The molecule has 2 rings (SSSR count). The highest BCUT2D eigenvalue weighted by Crippen LogP contribution is 2.30. The Morgan fingerprint density at radius 1 is 1.08 bits per heavy atom. The Balaban J connectivity index is 1.75. The lowest BCUT2D eigenvalue weighted by molar-refractivity contribution is -0.138. The molecule has 0 aliphatic heterocycles. The molecule has 0 unspecified atom stereocenters. The van der Waals surface area contributed by atoms with E-state index in [0.717, 1.165) is 56.5 Å². The van der Waals surface area contributed by atoms with Gasteiger partial charge in [-0.2, -0.15) is 0 Å². The second-order valence-corrected chi connectivity index (χ2v) is 6.91. The summed E-state index contributed by atoms with van der Waals surface area (Å²) < 4.78 is 5.34. The minimum atomic E-state index is 0.0356. The van der Waals surface area contributed by atoms with Crippen molar-refractivity contribution in [3.8, 4) is 5.75 Å². The highest BCUT2D eigenvalue weighted by Gasteiger charge is 2.31. The third kappa shape index (κ3) is 5.23.